The highest BCUT2D eigenvalue weighted by atomic mass is 16.3. The summed E-state index contributed by atoms with van der Waals surface area (Å²) in [5.41, 5.74) is -0.615. The molecule has 2 rings (SSSR count). The fraction of sp³-hybridized carbons (Fsp3) is 0.800. The third kappa shape index (κ3) is 2.18. The Labute approximate surface area is 88.4 Å². The smallest absolute Gasteiger partial charge is 0.244 e. The molecule has 0 spiro atoms. The zero-order valence-electron chi connectivity index (χ0n) is 8.82. The van der Waals surface area contributed by atoms with Crippen molar-refractivity contribution in [3.63, 3.8) is 0 Å². The van der Waals surface area contributed by atoms with Gasteiger partial charge in [-0.2, -0.15) is 0 Å². The quantitative estimate of drug-likeness (QED) is 0.561. The van der Waals surface area contributed by atoms with E-state index in [-0.39, 0.29) is 24.3 Å². The molecule has 0 radical (unpaired) electrons. The van der Waals surface area contributed by atoms with Crippen LogP contribution >= 0.6 is 0 Å². The molecule has 2 amide bonds. The van der Waals surface area contributed by atoms with E-state index < -0.39 is 5.60 Å². The van der Waals surface area contributed by atoms with Crippen molar-refractivity contribution in [3.8, 4) is 0 Å². The molecule has 15 heavy (non-hydrogen) atoms. The van der Waals surface area contributed by atoms with Gasteiger partial charge < -0.3 is 5.11 Å². The number of carbonyl (C=O) groups is 2. The van der Waals surface area contributed by atoms with Crippen LogP contribution in [0.5, 0.6) is 0 Å². The zero-order chi connectivity index (χ0) is 11.1. The molecule has 2 aliphatic heterocycles. The largest absolute Gasteiger partial charge is 0.390 e. The number of likely N-dealkylation sites (tertiary alicyclic amines) is 1. The second-order valence-corrected chi connectivity index (χ2v) is 4.67. The average Bonchev–Trinajstić information content (AvgIpc) is 2.45. The lowest BCUT2D eigenvalue weighted by Gasteiger charge is -2.37. The van der Waals surface area contributed by atoms with Crippen LogP contribution in [0, 0.1) is 0 Å². The molecule has 2 saturated heterocycles. The molecule has 2 N–H and O–H groups in total. The lowest BCUT2D eigenvalue weighted by molar-refractivity contribution is -0.127. The van der Waals surface area contributed by atoms with Gasteiger partial charge in [0.1, 0.15) is 0 Å². The maximum atomic E-state index is 11.4. The summed E-state index contributed by atoms with van der Waals surface area (Å²) < 4.78 is 0. The van der Waals surface area contributed by atoms with Gasteiger partial charge in [-0.3, -0.25) is 19.8 Å². The van der Waals surface area contributed by atoms with Gasteiger partial charge >= 0.3 is 0 Å². The van der Waals surface area contributed by atoms with Crippen molar-refractivity contribution < 1.29 is 14.7 Å². The normalized spacial score (nSPS) is 31.7. The summed E-state index contributed by atoms with van der Waals surface area (Å²) in [7, 11) is 0. The highest BCUT2D eigenvalue weighted by Gasteiger charge is 2.38. The van der Waals surface area contributed by atoms with Gasteiger partial charge in [-0.15, -0.1) is 0 Å². The van der Waals surface area contributed by atoms with Crippen LogP contribution in [0.1, 0.15) is 26.2 Å². The number of piperidine rings is 1. The minimum absolute atomic E-state index is 0.192. The summed E-state index contributed by atoms with van der Waals surface area (Å²) in [4.78, 5) is 24.4. The molecule has 2 fully saturated rings. The highest BCUT2D eigenvalue weighted by molar-refractivity contribution is 6.05. The summed E-state index contributed by atoms with van der Waals surface area (Å²) in [6.45, 7) is 3.17. The Bertz CT molecular complexity index is 291. The van der Waals surface area contributed by atoms with Crippen LogP contribution in [0.15, 0.2) is 0 Å². The SMILES string of the molecule is CC1(O)CCN(C2CC(=O)NC2=O)CC1. The number of amides is 2. The molecule has 0 saturated carbocycles. The number of carbonyl (C=O) groups excluding carboxylic acids is 2. The molecule has 0 aromatic heterocycles. The maximum absolute atomic E-state index is 11.4. The summed E-state index contributed by atoms with van der Waals surface area (Å²) in [6, 6.07) is -0.311. The van der Waals surface area contributed by atoms with Crippen molar-refractivity contribution in [2.45, 2.75) is 37.8 Å². The number of nitrogens with zero attached hydrogens (tertiary/aromatic N) is 1. The highest BCUT2D eigenvalue weighted by Crippen LogP contribution is 2.24. The number of imide groups is 1. The number of hydrogen-bond donors (Lipinski definition) is 2. The number of aliphatic hydroxyl groups is 1. The number of rotatable bonds is 1. The average molecular weight is 212 g/mol. The van der Waals surface area contributed by atoms with Crippen LogP contribution in [-0.4, -0.2) is 46.6 Å². The van der Waals surface area contributed by atoms with Gasteiger partial charge in [0.2, 0.25) is 11.8 Å². The molecule has 5 heteroatoms. The van der Waals surface area contributed by atoms with Crippen LogP contribution in [-0.2, 0) is 9.59 Å². The van der Waals surface area contributed by atoms with Gasteiger partial charge in [0, 0.05) is 13.1 Å². The van der Waals surface area contributed by atoms with E-state index in [4.69, 9.17) is 0 Å². The van der Waals surface area contributed by atoms with Gasteiger partial charge in [-0.05, 0) is 19.8 Å². The van der Waals surface area contributed by atoms with Gasteiger partial charge in [0.25, 0.3) is 0 Å². The second kappa shape index (κ2) is 3.57. The summed E-state index contributed by atoms with van der Waals surface area (Å²) >= 11 is 0. The van der Waals surface area contributed by atoms with E-state index in [0.29, 0.717) is 25.9 Å². The van der Waals surface area contributed by atoms with Crippen LogP contribution in [0.2, 0.25) is 0 Å². The first-order valence-electron chi connectivity index (χ1n) is 5.28. The number of nitrogens with one attached hydrogen (secondary N) is 1. The van der Waals surface area contributed by atoms with Crippen molar-refractivity contribution in [1.82, 2.24) is 10.2 Å². The van der Waals surface area contributed by atoms with Crippen molar-refractivity contribution in [2.75, 3.05) is 13.1 Å². The molecular weight excluding hydrogens is 196 g/mol. The predicted octanol–water partition coefficient (Wildman–Crippen LogP) is -0.752. The molecule has 0 aliphatic carbocycles. The lowest BCUT2D eigenvalue weighted by Crippen LogP contribution is -2.49. The Kier molecular flexibility index (Phi) is 2.52. The summed E-state index contributed by atoms with van der Waals surface area (Å²) in [5.74, 6) is -0.385. The predicted molar refractivity (Wildman–Crippen MR) is 53.0 cm³/mol. The molecule has 0 aromatic carbocycles. The van der Waals surface area contributed by atoms with E-state index in [9.17, 15) is 14.7 Å². The van der Waals surface area contributed by atoms with E-state index in [1.54, 1.807) is 0 Å². The Morgan fingerprint density at radius 2 is 2.00 bits per heavy atom. The van der Waals surface area contributed by atoms with Crippen molar-refractivity contribution >= 4 is 11.8 Å². The minimum Gasteiger partial charge on any atom is -0.390 e. The molecule has 2 heterocycles. The Hall–Kier alpha value is -0.940. The molecule has 0 aromatic rings. The van der Waals surface area contributed by atoms with E-state index >= 15 is 0 Å². The molecule has 5 nitrogen and oxygen atoms in total. The fourth-order valence-corrected chi connectivity index (χ4v) is 2.15. The van der Waals surface area contributed by atoms with Crippen LogP contribution in [0.25, 0.3) is 0 Å². The molecule has 2 aliphatic rings. The fourth-order valence-electron chi connectivity index (χ4n) is 2.15. The Morgan fingerprint density at radius 3 is 2.47 bits per heavy atom. The molecule has 1 unspecified atom stereocenters. The zero-order valence-corrected chi connectivity index (χ0v) is 8.82. The topological polar surface area (TPSA) is 69.6 Å². The summed E-state index contributed by atoms with van der Waals surface area (Å²) in [5, 5.41) is 12.1. The number of hydrogen-bond acceptors (Lipinski definition) is 4. The van der Waals surface area contributed by atoms with E-state index in [1.807, 2.05) is 11.8 Å². The van der Waals surface area contributed by atoms with Crippen LogP contribution < -0.4 is 5.32 Å². The van der Waals surface area contributed by atoms with Gasteiger partial charge in [0.05, 0.1) is 18.1 Å². The van der Waals surface area contributed by atoms with Crippen LogP contribution in [0.4, 0.5) is 0 Å². The summed E-state index contributed by atoms with van der Waals surface area (Å²) in [6.07, 6.45) is 1.58. The van der Waals surface area contributed by atoms with Crippen molar-refractivity contribution in [3.05, 3.63) is 0 Å². The van der Waals surface area contributed by atoms with Gasteiger partial charge in [-0.25, -0.2) is 0 Å². The third-order valence-corrected chi connectivity index (χ3v) is 3.26. The maximum Gasteiger partial charge on any atom is 0.244 e. The first-order valence-corrected chi connectivity index (χ1v) is 5.28. The standard InChI is InChI=1S/C10H16N2O3/c1-10(15)2-4-12(5-3-10)7-6-8(13)11-9(7)14/h7,15H,2-6H2,1H3,(H,11,13,14). The molecular formula is C10H16N2O3. The molecule has 1 atom stereocenters. The van der Waals surface area contributed by atoms with Gasteiger partial charge in [-0.1, -0.05) is 0 Å². The first-order chi connectivity index (χ1) is 6.98. The van der Waals surface area contributed by atoms with Crippen molar-refractivity contribution in [1.29, 1.82) is 0 Å². The lowest BCUT2D eigenvalue weighted by atomic mass is 9.93. The third-order valence-electron chi connectivity index (χ3n) is 3.26. The monoisotopic (exact) mass is 212 g/mol. The first kappa shape index (κ1) is 10.6. The van der Waals surface area contributed by atoms with Crippen molar-refractivity contribution in [2.24, 2.45) is 0 Å². The molecule has 0 bridgehead atoms. The second-order valence-electron chi connectivity index (χ2n) is 4.67. The van der Waals surface area contributed by atoms with E-state index in [1.165, 1.54) is 0 Å². The molecule has 84 valence electrons. The van der Waals surface area contributed by atoms with E-state index in [0.717, 1.165) is 0 Å². The van der Waals surface area contributed by atoms with E-state index in [2.05, 4.69) is 5.32 Å². The Morgan fingerprint density at radius 1 is 1.40 bits per heavy atom. The van der Waals surface area contributed by atoms with Crippen LogP contribution in [0.3, 0.4) is 0 Å². The Balaban J connectivity index is 1.96. The minimum atomic E-state index is -0.615. The van der Waals surface area contributed by atoms with Gasteiger partial charge in [0.15, 0.2) is 0 Å².